The van der Waals surface area contributed by atoms with Crippen LogP contribution in [-0.4, -0.2) is 179 Å². The molecule has 3 aromatic carbocycles. The van der Waals surface area contributed by atoms with Crippen molar-refractivity contribution in [1.82, 2.24) is 0 Å². The molecule has 0 saturated carbocycles. The third-order valence-corrected chi connectivity index (χ3v) is 25.9. The van der Waals surface area contributed by atoms with Gasteiger partial charge in [0.15, 0.2) is 57.8 Å². The van der Waals surface area contributed by atoms with Crippen molar-refractivity contribution < 1.29 is 150 Å². The molecule has 0 fully saturated rings. The number of hydrogen-bond acceptors (Lipinski definition) is 35. The summed E-state index contributed by atoms with van der Waals surface area (Å²) in [5, 5.41) is 46.0. The summed E-state index contributed by atoms with van der Waals surface area (Å²) in [5.41, 5.74) is 6.89. The van der Waals surface area contributed by atoms with Crippen LogP contribution < -0.4 is 0 Å². The molecule has 2 atom stereocenters. The molecule has 0 spiro atoms. The lowest BCUT2D eigenvalue weighted by molar-refractivity contribution is -0.757. The van der Waals surface area contributed by atoms with E-state index in [0.717, 1.165) is 37.7 Å². The third kappa shape index (κ3) is 39.8. The molecular weight excluding hydrogens is 1950 g/mol. The number of ketones is 10. The van der Waals surface area contributed by atoms with Gasteiger partial charge >= 0.3 is 29.8 Å². The lowest BCUT2D eigenvalue weighted by Gasteiger charge is -2.31. The van der Waals surface area contributed by atoms with Gasteiger partial charge in [0.25, 0.3) is 25.4 Å². The summed E-state index contributed by atoms with van der Waals surface area (Å²) in [6.07, 6.45) is 10.3. The van der Waals surface area contributed by atoms with Crippen LogP contribution in [0.15, 0.2) is 179 Å². The predicted octanol–water partition coefficient (Wildman–Crippen LogP) is 19.1. The molecule has 0 saturated heterocycles. The zero-order chi connectivity index (χ0) is 112. The maximum atomic E-state index is 13.5. The number of allylic oxidation sites excluding steroid dienone is 18. The molecule has 40 nitrogen and oxygen atoms in total. The molecule has 5 aliphatic carbocycles. The smallest absolute Gasteiger partial charge is 0.306 e. The summed E-state index contributed by atoms with van der Waals surface area (Å²) in [7, 11) is 0. The number of carbonyl (C=O) groups is 15. The van der Waals surface area contributed by atoms with Crippen LogP contribution >= 0.6 is 0 Å². The maximum Gasteiger partial charge on any atom is 0.306 e. The zero-order valence-corrected chi connectivity index (χ0v) is 88.4. The van der Waals surface area contributed by atoms with Gasteiger partial charge in [-0.25, -0.2) is 4.39 Å². The van der Waals surface area contributed by atoms with Gasteiger partial charge in [0, 0.05) is 152 Å². The Kier molecular flexibility index (Phi) is 52.5. The summed E-state index contributed by atoms with van der Waals surface area (Å²) in [5.74, 6) is -5.46. The molecule has 8 rings (SSSR count). The number of carbonyl (C=O) groups excluding carboxylic acids is 15. The van der Waals surface area contributed by atoms with Gasteiger partial charge in [-0.05, 0) is 210 Å². The van der Waals surface area contributed by atoms with Crippen molar-refractivity contribution in [1.29, 1.82) is 0 Å². The molecule has 0 radical (unpaired) electrons. The van der Waals surface area contributed by atoms with Crippen LogP contribution in [0.25, 0.3) is 0 Å². The number of hydrogen-bond donors (Lipinski definition) is 0. The Bertz CT molecular complexity index is 5790. The summed E-state index contributed by atoms with van der Waals surface area (Å²) in [6.45, 7) is 32.7. The number of unbranched alkanes of at least 4 members (excludes halogenated alkanes) is 11. The van der Waals surface area contributed by atoms with Crippen LogP contribution in [0.1, 0.15) is 323 Å². The predicted molar refractivity (Wildman–Crippen MR) is 538 cm³/mol. The van der Waals surface area contributed by atoms with E-state index in [1.807, 2.05) is 30.3 Å². The third-order valence-electron chi connectivity index (χ3n) is 25.9. The van der Waals surface area contributed by atoms with Gasteiger partial charge in [-0.15, -0.1) is 50.6 Å². The van der Waals surface area contributed by atoms with Crippen LogP contribution in [0, 0.1) is 72.6 Å². The van der Waals surface area contributed by atoms with Crippen molar-refractivity contribution in [2.45, 2.75) is 291 Å². The Balaban J connectivity index is 0.000000389. The second kappa shape index (κ2) is 61.8. The Morgan fingerprint density at radius 2 is 0.483 bits per heavy atom. The molecule has 149 heavy (non-hydrogen) atoms. The number of ether oxygens (including phenoxy) is 5. The number of Topliss-reactive ketones (excluding diaryl/α,β-unsaturated/α-hetero) is 10. The van der Waals surface area contributed by atoms with E-state index in [4.69, 9.17) is 23.7 Å². The minimum atomic E-state index is -0.879. The topological polar surface area (TPSA) is 564 Å². The molecule has 0 aromatic heterocycles. The highest BCUT2D eigenvalue weighted by molar-refractivity contribution is 6.29. The van der Waals surface area contributed by atoms with E-state index < -0.39 is 77.3 Å². The fourth-order valence-electron chi connectivity index (χ4n) is 17.4. The minimum absolute atomic E-state index is 0.00168. The summed E-state index contributed by atoms with van der Waals surface area (Å²) in [4.78, 5) is 259. The highest BCUT2D eigenvalue weighted by Crippen LogP contribution is 2.45. The number of fused-ring (bicyclic) bond motifs is 1. The molecule has 0 N–H and O–H groups in total. The van der Waals surface area contributed by atoms with E-state index in [9.17, 15) is 127 Å². The Morgan fingerprint density at radius 1 is 0.262 bits per heavy atom. The van der Waals surface area contributed by atoms with Gasteiger partial charge in [-0.2, -0.15) is 0 Å². The van der Waals surface area contributed by atoms with Gasteiger partial charge in [-0.3, -0.25) is 71.9 Å². The number of rotatable bonds is 55. The van der Waals surface area contributed by atoms with Gasteiger partial charge in [0.2, 0.25) is 0 Å². The van der Waals surface area contributed by atoms with E-state index in [2.05, 4.69) is 24.2 Å². The van der Waals surface area contributed by atoms with E-state index in [1.54, 1.807) is 168 Å². The lowest BCUT2D eigenvalue weighted by Crippen LogP contribution is -2.32. The molecule has 5 aliphatic rings. The summed E-state index contributed by atoms with van der Waals surface area (Å²) in [6, 6.07) is 21.8. The molecule has 0 aliphatic heterocycles. The first-order valence-electron chi connectivity index (χ1n) is 49.3. The quantitative estimate of drug-likeness (QED) is 0.0126. The Hall–Kier alpha value is -14.7. The van der Waals surface area contributed by atoms with E-state index in [0.29, 0.717) is 194 Å². The molecule has 0 bridgehead atoms. The Morgan fingerprint density at radius 3 is 0.779 bits per heavy atom. The van der Waals surface area contributed by atoms with Crippen molar-refractivity contribution in [3.05, 3.63) is 258 Å². The molecule has 2 unspecified atom stereocenters. The SMILES string of the molecule is CC1=C(C(C)(C)CC(=O)OCCCCO[N+](=O)[O-])C(=O)c2ccccc2C1=O.CC1=C(C)C(=O)C(C(C)(C)CC(=O)OCCCCCCO[N+](=O)[O-])=C(C)C1=O.CC1=C(C)C(=O)C(C(C)(C)CC(=O)OCCCCO[N+](=O)[O-])=C(C)C1=O.CC1=C(C)C(=O)C(C(CCC(=O)OCCCCCCO[N+](=O)[O-])c2ccc(F)cc2)=C(C)C1=O.CC1=C(C)C(=O)C(C(CCC(=O)OCCCCCCO[N+](=O)[O-])c2ccccc2)=C(C)C1=O. The van der Waals surface area contributed by atoms with Gasteiger partial charge in [0.1, 0.15) is 5.82 Å². The monoisotopic (exact) mass is 2080 g/mol. The normalized spacial score (nSPS) is 14.9. The number of benzene rings is 3. The zero-order valence-electron chi connectivity index (χ0n) is 88.4. The van der Waals surface area contributed by atoms with Crippen LogP contribution in [0.4, 0.5) is 4.39 Å². The molecule has 3 aromatic rings. The van der Waals surface area contributed by atoms with Crippen LogP contribution in [0.2, 0.25) is 0 Å². The first-order chi connectivity index (χ1) is 70.0. The molecule has 812 valence electrons. The number of esters is 5. The lowest BCUT2D eigenvalue weighted by atomic mass is 9.71. The fourth-order valence-corrected chi connectivity index (χ4v) is 17.4. The van der Waals surface area contributed by atoms with E-state index in [-0.39, 0.29) is 174 Å². The number of nitrogens with zero attached hydrogens (tertiary/aromatic N) is 5. The summed E-state index contributed by atoms with van der Waals surface area (Å²) < 4.78 is 39.6. The molecule has 0 amide bonds. The second-order valence-corrected chi connectivity index (χ2v) is 38.3. The Labute approximate surface area is 864 Å². The van der Waals surface area contributed by atoms with E-state index >= 15 is 0 Å². The van der Waals surface area contributed by atoms with Crippen molar-refractivity contribution in [3.8, 4) is 0 Å². The molecule has 0 heterocycles. The average Bonchev–Trinajstić information content (AvgIpc) is 0.750. The molecule has 41 heteroatoms. The maximum absolute atomic E-state index is 13.5. The van der Waals surface area contributed by atoms with Crippen LogP contribution in [0.3, 0.4) is 0 Å². The van der Waals surface area contributed by atoms with E-state index in [1.165, 1.54) is 12.1 Å². The van der Waals surface area contributed by atoms with Crippen molar-refractivity contribution >= 4 is 87.7 Å². The average molecular weight is 2090 g/mol. The number of halogens is 1. The largest absolute Gasteiger partial charge is 0.466 e. The summed E-state index contributed by atoms with van der Waals surface area (Å²) >= 11 is 0. The van der Waals surface area contributed by atoms with Gasteiger partial charge in [-0.1, -0.05) is 128 Å². The first kappa shape index (κ1) is 127. The van der Waals surface area contributed by atoms with Crippen molar-refractivity contribution in [3.63, 3.8) is 0 Å². The van der Waals surface area contributed by atoms with Crippen LogP contribution in [0.5, 0.6) is 0 Å². The molecular formula is C108H138FN5O35. The van der Waals surface area contributed by atoms with Crippen molar-refractivity contribution in [2.75, 3.05) is 66.1 Å². The van der Waals surface area contributed by atoms with Crippen LogP contribution in [-0.2, 0) is 110 Å². The highest BCUT2D eigenvalue weighted by atomic mass is 19.1. The first-order valence-corrected chi connectivity index (χ1v) is 49.3. The second-order valence-electron chi connectivity index (χ2n) is 38.3. The van der Waals surface area contributed by atoms with Gasteiger partial charge in [0.05, 0.1) is 85.3 Å². The highest BCUT2D eigenvalue weighted by Gasteiger charge is 2.44. The minimum Gasteiger partial charge on any atom is -0.466 e. The van der Waals surface area contributed by atoms with Crippen molar-refractivity contribution in [2.24, 2.45) is 16.2 Å². The fraction of sp³-hybridized carbons (Fsp3) is 0.528. The standard InChI is InChI=1S/C25H30FNO7.C25H31NO7.C20H23NO7.C20H29NO7.C18H25NO7/c1-16-17(2)25(30)23(18(3)24(16)29)21(19-8-10-20(26)11-9-19)12-13-22(28)33-14-6-4-5-7-15-34-27(31)32;1-17-18(2)25(29)23(19(3)24(17)28)21(20-11-7-6-8-12-20)13-14-22(27)32-15-9-4-5-10-16-33-26(30)31;1-13-17(19(24)15-9-5-4-8-14(15)18(13)23)20(2,3)12-16(22)27-10-6-7-11-28-21(25)26;1-13-14(2)19(24)17(15(3)18(13)23)20(4,5)12-16(22)27-10-8-6-7-9-11-28-21(25)26;1-11-12(2)17(22)15(13(3)16(11)21)18(4,5)10-14(20)25-8-6-7-9-26-19(23)24/h8-11,21H,4-7,12-15H2,1-3H3;6-8,11-12,21H,4-5,9-10,13-16H2,1-3H3;4-5,8-9H,6-7,10-12H2,1-3H3;6-12H2,1-5H3;6-10H2,1-5H3. The van der Waals surface area contributed by atoms with Gasteiger partial charge < -0.3 is 47.9 Å².